The Bertz CT molecular complexity index is 899. The number of anilines is 1. The van der Waals surface area contributed by atoms with E-state index >= 15 is 0 Å². The van der Waals surface area contributed by atoms with Gasteiger partial charge in [-0.1, -0.05) is 24.3 Å². The minimum Gasteiger partial charge on any atom is -0.502 e. The van der Waals surface area contributed by atoms with E-state index in [2.05, 4.69) is 0 Å². The monoisotopic (exact) mass is 367 g/mol. The zero-order valence-corrected chi connectivity index (χ0v) is 15.4. The van der Waals surface area contributed by atoms with Gasteiger partial charge in [0, 0.05) is 0 Å². The van der Waals surface area contributed by atoms with Crippen LogP contribution in [0.2, 0.25) is 0 Å². The standard InChI is InChI=1S/C21H21NO5/c1-4-26-17-8-6-5-7-16(17)22-20(24)18(19(23)21(22)25)14-9-11-15(12-10-14)27-13(2)3/h5-13,23H,4H2,1-3H3. The van der Waals surface area contributed by atoms with Crippen LogP contribution in [0.25, 0.3) is 5.57 Å². The van der Waals surface area contributed by atoms with Crippen LogP contribution in [-0.4, -0.2) is 29.6 Å². The molecule has 2 amide bonds. The van der Waals surface area contributed by atoms with E-state index in [0.717, 1.165) is 4.90 Å². The SMILES string of the molecule is CCOc1ccccc1N1C(=O)C(O)=C(c2ccc(OC(C)C)cc2)C1=O. The predicted molar refractivity (Wildman–Crippen MR) is 102 cm³/mol. The molecule has 0 atom stereocenters. The maximum Gasteiger partial charge on any atom is 0.301 e. The molecule has 1 heterocycles. The van der Waals surface area contributed by atoms with E-state index < -0.39 is 17.6 Å². The average Bonchev–Trinajstić information content (AvgIpc) is 2.86. The summed E-state index contributed by atoms with van der Waals surface area (Å²) in [6.07, 6.45) is 0.0173. The van der Waals surface area contributed by atoms with Gasteiger partial charge in [-0.25, -0.2) is 4.90 Å². The Morgan fingerprint density at radius 3 is 2.30 bits per heavy atom. The first-order valence-electron chi connectivity index (χ1n) is 8.75. The first kappa shape index (κ1) is 18.5. The summed E-state index contributed by atoms with van der Waals surface area (Å²) in [5.41, 5.74) is 0.705. The summed E-state index contributed by atoms with van der Waals surface area (Å²) in [5.74, 6) is -0.906. The van der Waals surface area contributed by atoms with E-state index in [0.29, 0.717) is 29.4 Å². The fraction of sp³-hybridized carbons (Fsp3) is 0.238. The molecule has 1 N–H and O–H groups in total. The summed E-state index contributed by atoms with van der Waals surface area (Å²) < 4.78 is 11.1. The average molecular weight is 367 g/mol. The molecule has 3 rings (SSSR count). The fourth-order valence-corrected chi connectivity index (χ4v) is 2.89. The van der Waals surface area contributed by atoms with Gasteiger partial charge in [-0.15, -0.1) is 0 Å². The number of aliphatic hydroxyl groups excluding tert-OH is 1. The molecule has 140 valence electrons. The molecule has 6 heteroatoms. The van der Waals surface area contributed by atoms with Crippen molar-refractivity contribution in [2.75, 3.05) is 11.5 Å². The molecule has 2 aromatic rings. The number of ether oxygens (including phenoxy) is 2. The molecule has 0 unspecified atom stereocenters. The third-order valence-corrected chi connectivity index (χ3v) is 3.98. The maximum absolute atomic E-state index is 12.9. The van der Waals surface area contributed by atoms with Crippen LogP contribution >= 0.6 is 0 Å². The van der Waals surface area contributed by atoms with Crippen molar-refractivity contribution in [3.8, 4) is 11.5 Å². The van der Waals surface area contributed by atoms with Crippen LogP contribution in [-0.2, 0) is 9.59 Å². The Morgan fingerprint density at radius 2 is 1.67 bits per heavy atom. The van der Waals surface area contributed by atoms with Crippen molar-refractivity contribution in [2.45, 2.75) is 26.9 Å². The lowest BCUT2D eigenvalue weighted by Gasteiger charge is -2.18. The summed E-state index contributed by atoms with van der Waals surface area (Å²) in [4.78, 5) is 26.5. The molecular weight excluding hydrogens is 346 g/mol. The van der Waals surface area contributed by atoms with Crippen LogP contribution in [0.4, 0.5) is 5.69 Å². The Labute approximate surface area is 157 Å². The predicted octanol–water partition coefficient (Wildman–Crippen LogP) is 3.72. The smallest absolute Gasteiger partial charge is 0.301 e. The number of hydrogen-bond donors (Lipinski definition) is 1. The van der Waals surface area contributed by atoms with E-state index in [1.807, 2.05) is 20.8 Å². The van der Waals surface area contributed by atoms with Gasteiger partial charge < -0.3 is 14.6 Å². The van der Waals surface area contributed by atoms with Crippen molar-refractivity contribution in [2.24, 2.45) is 0 Å². The lowest BCUT2D eigenvalue weighted by molar-refractivity contribution is -0.121. The largest absolute Gasteiger partial charge is 0.502 e. The fourth-order valence-electron chi connectivity index (χ4n) is 2.89. The Hall–Kier alpha value is -3.28. The number of hydrogen-bond acceptors (Lipinski definition) is 5. The quantitative estimate of drug-likeness (QED) is 0.788. The van der Waals surface area contributed by atoms with E-state index in [1.165, 1.54) is 0 Å². The number of benzene rings is 2. The van der Waals surface area contributed by atoms with Gasteiger partial charge in [-0.3, -0.25) is 9.59 Å². The molecule has 27 heavy (non-hydrogen) atoms. The summed E-state index contributed by atoms with van der Waals surface area (Å²) >= 11 is 0. The number of para-hydroxylation sites is 2. The minimum absolute atomic E-state index is 0.0173. The Morgan fingerprint density at radius 1 is 1.00 bits per heavy atom. The van der Waals surface area contributed by atoms with Gasteiger partial charge in [-0.2, -0.15) is 0 Å². The molecule has 0 bridgehead atoms. The highest BCUT2D eigenvalue weighted by molar-refractivity contribution is 6.45. The van der Waals surface area contributed by atoms with Gasteiger partial charge >= 0.3 is 5.91 Å². The molecule has 0 saturated heterocycles. The molecule has 0 spiro atoms. The number of amides is 2. The second-order valence-corrected chi connectivity index (χ2v) is 6.26. The second-order valence-electron chi connectivity index (χ2n) is 6.26. The van der Waals surface area contributed by atoms with Gasteiger partial charge in [0.05, 0.1) is 24.0 Å². The highest BCUT2D eigenvalue weighted by Crippen LogP contribution is 2.37. The molecule has 2 aromatic carbocycles. The lowest BCUT2D eigenvalue weighted by Crippen LogP contribution is -2.32. The topological polar surface area (TPSA) is 76.1 Å². The summed E-state index contributed by atoms with van der Waals surface area (Å²) in [7, 11) is 0. The van der Waals surface area contributed by atoms with Crippen molar-refractivity contribution in [1.82, 2.24) is 0 Å². The third-order valence-electron chi connectivity index (χ3n) is 3.98. The van der Waals surface area contributed by atoms with Gasteiger partial charge in [0.25, 0.3) is 5.91 Å². The van der Waals surface area contributed by atoms with E-state index in [4.69, 9.17) is 9.47 Å². The van der Waals surface area contributed by atoms with Crippen LogP contribution in [0.15, 0.2) is 54.3 Å². The molecule has 0 radical (unpaired) electrons. The van der Waals surface area contributed by atoms with Crippen LogP contribution in [0.1, 0.15) is 26.3 Å². The second kappa shape index (κ2) is 7.53. The number of carbonyl (C=O) groups is 2. The van der Waals surface area contributed by atoms with Crippen LogP contribution < -0.4 is 14.4 Å². The number of imide groups is 1. The van der Waals surface area contributed by atoms with Crippen molar-refractivity contribution in [3.05, 3.63) is 59.9 Å². The Kier molecular flexibility index (Phi) is 5.16. The van der Waals surface area contributed by atoms with Crippen LogP contribution in [0.5, 0.6) is 11.5 Å². The molecule has 0 fully saturated rings. The summed E-state index contributed by atoms with van der Waals surface area (Å²) in [5, 5.41) is 10.3. The molecule has 0 aliphatic carbocycles. The van der Waals surface area contributed by atoms with Crippen LogP contribution in [0, 0.1) is 0 Å². The minimum atomic E-state index is -0.773. The number of aliphatic hydroxyl groups is 1. The molecule has 6 nitrogen and oxygen atoms in total. The molecular formula is C21H21NO5. The van der Waals surface area contributed by atoms with E-state index in [9.17, 15) is 14.7 Å². The van der Waals surface area contributed by atoms with Crippen molar-refractivity contribution < 1.29 is 24.2 Å². The highest BCUT2D eigenvalue weighted by Gasteiger charge is 2.41. The van der Waals surface area contributed by atoms with E-state index in [-0.39, 0.29) is 11.7 Å². The first-order valence-corrected chi connectivity index (χ1v) is 8.75. The van der Waals surface area contributed by atoms with E-state index in [1.54, 1.807) is 48.5 Å². The summed E-state index contributed by atoms with van der Waals surface area (Å²) in [6, 6.07) is 13.4. The summed E-state index contributed by atoms with van der Waals surface area (Å²) in [6.45, 7) is 6.02. The molecule has 0 aromatic heterocycles. The maximum atomic E-state index is 12.9. The normalized spacial score (nSPS) is 14.3. The van der Waals surface area contributed by atoms with Crippen molar-refractivity contribution >= 4 is 23.1 Å². The lowest BCUT2D eigenvalue weighted by atomic mass is 10.1. The van der Waals surface area contributed by atoms with Crippen LogP contribution in [0.3, 0.4) is 0 Å². The van der Waals surface area contributed by atoms with Crippen molar-refractivity contribution in [1.29, 1.82) is 0 Å². The number of nitrogens with zero attached hydrogens (tertiary/aromatic N) is 1. The Balaban J connectivity index is 1.95. The number of carbonyl (C=O) groups excluding carboxylic acids is 2. The van der Waals surface area contributed by atoms with Crippen molar-refractivity contribution in [3.63, 3.8) is 0 Å². The molecule has 1 aliphatic rings. The van der Waals surface area contributed by atoms with Gasteiger partial charge in [0.2, 0.25) is 0 Å². The first-order chi connectivity index (χ1) is 12.9. The number of rotatable bonds is 6. The molecule has 1 aliphatic heterocycles. The zero-order chi connectivity index (χ0) is 19.6. The van der Waals surface area contributed by atoms with Gasteiger partial charge in [-0.05, 0) is 50.6 Å². The highest BCUT2D eigenvalue weighted by atomic mass is 16.5. The molecule has 0 saturated carbocycles. The third kappa shape index (κ3) is 3.51. The van der Waals surface area contributed by atoms with Gasteiger partial charge in [0.1, 0.15) is 11.5 Å². The van der Waals surface area contributed by atoms with Gasteiger partial charge in [0.15, 0.2) is 5.76 Å². The zero-order valence-electron chi connectivity index (χ0n) is 15.4.